The Balaban J connectivity index is 1.99. The second-order valence-corrected chi connectivity index (χ2v) is 5.70. The van der Waals surface area contributed by atoms with Crippen LogP contribution in [0.3, 0.4) is 0 Å². The van der Waals surface area contributed by atoms with Gasteiger partial charge in [-0.3, -0.25) is 9.98 Å². The zero-order valence-corrected chi connectivity index (χ0v) is 13.5. The number of anilines is 1. The largest absolute Gasteiger partial charge is 0.404 e. The van der Waals surface area contributed by atoms with Crippen molar-refractivity contribution in [1.29, 1.82) is 0 Å². The monoisotopic (exact) mass is 307 g/mol. The lowest BCUT2D eigenvalue weighted by Crippen LogP contribution is -2.25. The van der Waals surface area contributed by atoms with Crippen LogP contribution in [-0.2, 0) is 6.42 Å². The quantitative estimate of drug-likeness (QED) is 0.885. The summed E-state index contributed by atoms with van der Waals surface area (Å²) in [7, 11) is 3.82. The smallest absolute Gasteiger partial charge is 0.131 e. The van der Waals surface area contributed by atoms with E-state index < -0.39 is 0 Å². The Labute approximate surface area is 136 Å². The number of aryl methyl sites for hydroxylation is 1. The van der Waals surface area contributed by atoms with E-state index in [1.165, 1.54) is 12.0 Å². The van der Waals surface area contributed by atoms with E-state index in [1.807, 2.05) is 12.4 Å². The van der Waals surface area contributed by atoms with Gasteiger partial charge in [0.05, 0.1) is 0 Å². The number of nitrogens with two attached hydrogens (primary N) is 1. The van der Waals surface area contributed by atoms with Crippen molar-refractivity contribution in [2.24, 2.45) is 10.7 Å². The first-order chi connectivity index (χ1) is 11.2. The highest BCUT2D eigenvalue weighted by molar-refractivity contribution is 6.09. The van der Waals surface area contributed by atoms with Crippen molar-refractivity contribution in [1.82, 2.24) is 9.97 Å². The van der Waals surface area contributed by atoms with E-state index >= 15 is 0 Å². The molecule has 0 amide bonds. The molecule has 5 nitrogen and oxygen atoms in total. The summed E-state index contributed by atoms with van der Waals surface area (Å²) in [6, 6.07) is 4.29. The van der Waals surface area contributed by atoms with E-state index in [0.29, 0.717) is 0 Å². The van der Waals surface area contributed by atoms with Crippen molar-refractivity contribution >= 4 is 17.6 Å². The Morgan fingerprint density at radius 1 is 1.26 bits per heavy atom. The average Bonchev–Trinajstić information content (AvgIpc) is 2.59. The molecule has 2 aromatic rings. The molecule has 0 unspecified atom stereocenters. The summed E-state index contributed by atoms with van der Waals surface area (Å²) in [5.41, 5.74) is 10.9. The lowest BCUT2D eigenvalue weighted by molar-refractivity contribution is 0.731. The zero-order chi connectivity index (χ0) is 16.2. The maximum absolute atomic E-state index is 5.69. The number of nitrogens with zero attached hydrogens (tertiary/aromatic N) is 4. The van der Waals surface area contributed by atoms with Gasteiger partial charge in [0.25, 0.3) is 0 Å². The van der Waals surface area contributed by atoms with Gasteiger partial charge < -0.3 is 10.6 Å². The van der Waals surface area contributed by atoms with E-state index in [1.54, 1.807) is 25.7 Å². The predicted octanol–water partition coefficient (Wildman–Crippen LogP) is 2.53. The molecular formula is C18H21N5. The minimum atomic E-state index is 0.854. The fourth-order valence-corrected chi connectivity index (χ4v) is 2.91. The summed E-state index contributed by atoms with van der Waals surface area (Å²) >= 11 is 0. The van der Waals surface area contributed by atoms with Crippen molar-refractivity contribution in [2.75, 3.05) is 25.5 Å². The van der Waals surface area contributed by atoms with Crippen molar-refractivity contribution in [3.05, 3.63) is 48.1 Å². The van der Waals surface area contributed by atoms with Crippen molar-refractivity contribution in [3.8, 4) is 11.1 Å². The Hall–Kier alpha value is -2.69. The molecule has 0 fully saturated rings. The molecule has 2 aromatic heterocycles. The Morgan fingerprint density at radius 2 is 2.09 bits per heavy atom. The summed E-state index contributed by atoms with van der Waals surface area (Å²) < 4.78 is 0. The van der Waals surface area contributed by atoms with Gasteiger partial charge in [0.1, 0.15) is 5.82 Å². The Bertz CT molecular complexity index is 764. The average molecular weight is 307 g/mol. The summed E-state index contributed by atoms with van der Waals surface area (Å²) in [6.45, 7) is 1.07. The van der Waals surface area contributed by atoms with E-state index in [0.717, 1.165) is 41.0 Å². The van der Waals surface area contributed by atoms with Crippen LogP contribution in [0.1, 0.15) is 17.5 Å². The number of hydrogen-bond acceptors (Lipinski definition) is 5. The topological polar surface area (TPSA) is 67.4 Å². The van der Waals surface area contributed by atoms with Crippen LogP contribution in [0.2, 0.25) is 0 Å². The van der Waals surface area contributed by atoms with Gasteiger partial charge in [-0.25, -0.2) is 4.98 Å². The van der Waals surface area contributed by atoms with E-state index in [4.69, 9.17) is 5.73 Å². The highest BCUT2D eigenvalue weighted by atomic mass is 15.2. The van der Waals surface area contributed by atoms with Crippen LogP contribution in [0.15, 0.2) is 41.9 Å². The molecule has 3 heterocycles. The molecule has 0 atom stereocenters. The van der Waals surface area contributed by atoms with Gasteiger partial charge in [-0.05, 0) is 30.5 Å². The minimum Gasteiger partial charge on any atom is -0.404 e. The van der Waals surface area contributed by atoms with Gasteiger partial charge in [-0.2, -0.15) is 0 Å². The molecule has 118 valence electrons. The maximum Gasteiger partial charge on any atom is 0.131 e. The van der Waals surface area contributed by atoms with Crippen LogP contribution in [0, 0.1) is 0 Å². The first kappa shape index (κ1) is 15.2. The third kappa shape index (κ3) is 3.08. The summed E-state index contributed by atoms with van der Waals surface area (Å²) in [5.74, 6) is 1.09. The number of allylic oxidation sites excluding steroid dienone is 1. The summed E-state index contributed by atoms with van der Waals surface area (Å²) in [5, 5.41) is 0. The Kier molecular flexibility index (Phi) is 4.37. The third-order valence-corrected chi connectivity index (χ3v) is 4.10. The van der Waals surface area contributed by atoms with Crippen LogP contribution < -0.4 is 10.6 Å². The highest BCUT2D eigenvalue weighted by Crippen LogP contribution is 2.29. The molecular weight excluding hydrogens is 286 g/mol. The summed E-state index contributed by atoms with van der Waals surface area (Å²) in [6.07, 6.45) is 11.1. The van der Waals surface area contributed by atoms with Crippen molar-refractivity contribution in [3.63, 3.8) is 0 Å². The second kappa shape index (κ2) is 6.60. The van der Waals surface area contributed by atoms with Crippen LogP contribution in [-0.4, -0.2) is 36.8 Å². The number of aliphatic imine (C=N–C) groups is 1. The molecule has 3 rings (SSSR count). The van der Waals surface area contributed by atoms with Gasteiger partial charge in [0.15, 0.2) is 0 Å². The van der Waals surface area contributed by atoms with Gasteiger partial charge in [-0.1, -0.05) is 0 Å². The van der Waals surface area contributed by atoms with Crippen LogP contribution in [0.4, 0.5) is 5.82 Å². The maximum atomic E-state index is 5.69. The number of pyridine rings is 2. The molecule has 0 radical (unpaired) electrons. The molecule has 0 aliphatic carbocycles. The SMILES string of the molecule is CN=CC(=CN)c1cncc(-c2cnc3c(c2)CCCN3C)c1. The molecule has 0 bridgehead atoms. The lowest BCUT2D eigenvalue weighted by Gasteiger charge is -2.26. The molecule has 0 saturated carbocycles. The van der Waals surface area contributed by atoms with Crippen LogP contribution in [0.25, 0.3) is 16.7 Å². The standard InChI is InChI=1S/C18H21N5/c1-20-9-17(8-19)15-7-14(10-21-11-15)16-6-13-4-3-5-23(2)18(13)22-12-16/h6-12H,3-5,19H2,1-2H3. The predicted molar refractivity (Wildman–Crippen MR) is 95.6 cm³/mol. The van der Waals surface area contributed by atoms with Crippen LogP contribution in [0.5, 0.6) is 0 Å². The fourth-order valence-electron chi connectivity index (χ4n) is 2.91. The number of aromatic nitrogens is 2. The molecule has 2 N–H and O–H groups in total. The number of fused-ring (bicyclic) bond motifs is 1. The molecule has 1 aliphatic rings. The van der Waals surface area contributed by atoms with Gasteiger partial charge in [-0.15, -0.1) is 0 Å². The number of hydrogen-bond donors (Lipinski definition) is 1. The van der Waals surface area contributed by atoms with E-state index in [9.17, 15) is 0 Å². The molecule has 0 aromatic carbocycles. The molecule has 23 heavy (non-hydrogen) atoms. The Morgan fingerprint density at radius 3 is 2.87 bits per heavy atom. The zero-order valence-electron chi connectivity index (χ0n) is 13.5. The van der Waals surface area contributed by atoms with Gasteiger partial charge in [0, 0.05) is 73.9 Å². The third-order valence-electron chi connectivity index (χ3n) is 4.10. The second-order valence-electron chi connectivity index (χ2n) is 5.70. The van der Waals surface area contributed by atoms with Gasteiger partial charge >= 0.3 is 0 Å². The molecule has 1 aliphatic heterocycles. The first-order valence-corrected chi connectivity index (χ1v) is 7.73. The van der Waals surface area contributed by atoms with Crippen molar-refractivity contribution in [2.45, 2.75) is 12.8 Å². The van der Waals surface area contributed by atoms with Crippen molar-refractivity contribution < 1.29 is 0 Å². The highest BCUT2D eigenvalue weighted by Gasteiger charge is 2.16. The molecule has 5 heteroatoms. The normalized spacial score (nSPS) is 15.0. The van der Waals surface area contributed by atoms with E-state index in [-0.39, 0.29) is 0 Å². The molecule has 0 spiro atoms. The first-order valence-electron chi connectivity index (χ1n) is 7.73. The molecule has 0 saturated heterocycles. The van der Waals surface area contributed by atoms with Gasteiger partial charge in [0.2, 0.25) is 0 Å². The minimum absolute atomic E-state index is 0.854. The van der Waals surface area contributed by atoms with E-state index in [2.05, 4.69) is 39.0 Å². The summed E-state index contributed by atoms with van der Waals surface area (Å²) in [4.78, 5) is 15.2. The number of rotatable bonds is 3. The lowest BCUT2D eigenvalue weighted by atomic mass is 10.00. The fraction of sp³-hybridized carbons (Fsp3) is 0.278. The van der Waals surface area contributed by atoms with Crippen LogP contribution >= 0.6 is 0 Å².